The van der Waals surface area contributed by atoms with Crippen LogP contribution in [0.1, 0.15) is 37.7 Å². The average molecular weight is 254 g/mol. The summed E-state index contributed by atoms with van der Waals surface area (Å²) in [6.45, 7) is 0. The number of nitriles is 1. The minimum Gasteiger partial charge on any atom is -0.365 e. The normalized spacial score (nSPS) is 26.1. The van der Waals surface area contributed by atoms with Gasteiger partial charge in [0.05, 0.1) is 12.5 Å². The summed E-state index contributed by atoms with van der Waals surface area (Å²) in [7, 11) is 0. The van der Waals surface area contributed by atoms with Gasteiger partial charge in [-0.25, -0.2) is 0 Å². The van der Waals surface area contributed by atoms with Gasteiger partial charge in [0.15, 0.2) is 0 Å². The predicted octanol–water partition coefficient (Wildman–Crippen LogP) is 2.84. The zero-order chi connectivity index (χ0) is 13.2. The lowest BCUT2D eigenvalue weighted by Crippen LogP contribution is -2.52. The summed E-state index contributed by atoms with van der Waals surface area (Å²) in [6, 6.07) is 11.2. The third-order valence-corrected chi connectivity index (χ3v) is 4.31. The van der Waals surface area contributed by atoms with Gasteiger partial charge in [-0.3, -0.25) is 4.79 Å². The number of benzene rings is 1. The van der Waals surface area contributed by atoms with E-state index in [-0.39, 0.29) is 0 Å². The van der Waals surface area contributed by atoms with Crippen molar-refractivity contribution in [2.75, 3.05) is 4.90 Å². The van der Waals surface area contributed by atoms with Gasteiger partial charge in [0.25, 0.3) is 0 Å². The number of Topliss-reactive ketones (excluding diaryl/α,β-unsaturated/α-hetero) is 1. The maximum Gasteiger partial charge on any atom is 0.137 e. The van der Waals surface area contributed by atoms with E-state index in [0.29, 0.717) is 37.1 Å². The fourth-order valence-corrected chi connectivity index (χ4v) is 3.47. The van der Waals surface area contributed by atoms with E-state index in [0.717, 1.165) is 18.4 Å². The van der Waals surface area contributed by atoms with Crippen molar-refractivity contribution in [3.8, 4) is 6.07 Å². The van der Waals surface area contributed by atoms with Crippen molar-refractivity contribution < 1.29 is 4.79 Å². The summed E-state index contributed by atoms with van der Waals surface area (Å²) in [6.07, 6.45) is 5.37. The molecule has 2 atom stereocenters. The van der Waals surface area contributed by atoms with Crippen molar-refractivity contribution in [3.05, 3.63) is 29.8 Å². The van der Waals surface area contributed by atoms with Crippen molar-refractivity contribution in [1.29, 1.82) is 5.26 Å². The molecular weight excluding hydrogens is 236 g/mol. The number of hydrogen-bond acceptors (Lipinski definition) is 3. The molecule has 2 heterocycles. The quantitative estimate of drug-likeness (QED) is 0.815. The molecule has 0 aliphatic carbocycles. The molecule has 19 heavy (non-hydrogen) atoms. The average Bonchev–Trinajstić information content (AvgIpc) is 2.39. The molecule has 3 rings (SSSR count). The predicted molar refractivity (Wildman–Crippen MR) is 73.9 cm³/mol. The Morgan fingerprint density at radius 3 is 2.37 bits per heavy atom. The van der Waals surface area contributed by atoms with E-state index in [2.05, 4.69) is 23.1 Å². The molecule has 0 amide bonds. The lowest BCUT2D eigenvalue weighted by molar-refractivity contribution is -0.121. The molecule has 2 aliphatic heterocycles. The molecule has 2 aliphatic rings. The maximum absolute atomic E-state index is 11.7. The summed E-state index contributed by atoms with van der Waals surface area (Å²) in [4.78, 5) is 14.2. The van der Waals surface area contributed by atoms with Gasteiger partial charge < -0.3 is 4.90 Å². The van der Waals surface area contributed by atoms with Crippen LogP contribution in [0.15, 0.2) is 24.3 Å². The first-order valence-electron chi connectivity index (χ1n) is 7.04. The Labute approximate surface area is 113 Å². The smallest absolute Gasteiger partial charge is 0.137 e. The summed E-state index contributed by atoms with van der Waals surface area (Å²) in [5.41, 5.74) is 2.27. The fraction of sp³-hybridized carbons (Fsp3) is 0.500. The molecule has 2 bridgehead atoms. The molecule has 0 aromatic heterocycles. The third-order valence-electron chi connectivity index (χ3n) is 4.31. The molecule has 98 valence electrons. The van der Waals surface area contributed by atoms with Crippen LogP contribution in [-0.2, 0) is 11.2 Å². The molecule has 2 unspecified atom stereocenters. The van der Waals surface area contributed by atoms with Gasteiger partial charge in [-0.05, 0) is 37.0 Å². The number of nitrogens with zero attached hydrogens (tertiary/aromatic N) is 2. The van der Waals surface area contributed by atoms with E-state index in [4.69, 9.17) is 5.26 Å². The van der Waals surface area contributed by atoms with Crippen molar-refractivity contribution in [3.63, 3.8) is 0 Å². The molecule has 1 aromatic rings. The first kappa shape index (κ1) is 12.2. The standard InChI is InChI=1S/C16H18N2O/c17-9-8-12-4-6-13(7-5-12)18-14-2-1-3-15(18)11-16(19)10-14/h4-7,14-15H,1-3,8,10-11H2. The van der Waals surface area contributed by atoms with Crippen molar-refractivity contribution in [1.82, 2.24) is 0 Å². The molecule has 0 radical (unpaired) electrons. The number of ketones is 1. The zero-order valence-corrected chi connectivity index (χ0v) is 11.0. The molecule has 0 saturated carbocycles. The molecule has 0 N–H and O–H groups in total. The Morgan fingerprint density at radius 2 is 1.79 bits per heavy atom. The highest BCUT2D eigenvalue weighted by molar-refractivity contribution is 5.82. The van der Waals surface area contributed by atoms with Crippen LogP contribution in [0.5, 0.6) is 0 Å². The number of carbonyl (C=O) groups is 1. The molecule has 3 heteroatoms. The number of hydrogen-bond donors (Lipinski definition) is 0. The second-order valence-corrected chi connectivity index (χ2v) is 5.59. The first-order chi connectivity index (χ1) is 9.28. The van der Waals surface area contributed by atoms with Gasteiger partial charge in [0.2, 0.25) is 0 Å². The van der Waals surface area contributed by atoms with Crippen LogP contribution in [0.25, 0.3) is 0 Å². The van der Waals surface area contributed by atoms with E-state index < -0.39 is 0 Å². The van der Waals surface area contributed by atoms with E-state index in [9.17, 15) is 4.79 Å². The molecule has 3 nitrogen and oxygen atoms in total. The second kappa shape index (κ2) is 5.05. The molecular formula is C16H18N2O. The van der Waals surface area contributed by atoms with Gasteiger partial charge in [0.1, 0.15) is 5.78 Å². The summed E-state index contributed by atoms with van der Waals surface area (Å²) < 4.78 is 0. The number of fused-ring (bicyclic) bond motifs is 2. The number of carbonyl (C=O) groups excluding carboxylic acids is 1. The van der Waals surface area contributed by atoms with Gasteiger partial charge in [-0.1, -0.05) is 12.1 Å². The number of rotatable bonds is 2. The highest BCUT2D eigenvalue weighted by Crippen LogP contribution is 2.36. The van der Waals surface area contributed by atoms with Crippen molar-refractivity contribution in [2.45, 2.75) is 50.6 Å². The van der Waals surface area contributed by atoms with Gasteiger partial charge in [-0.15, -0.1) is 0 Å². The monoisotopic (exact) mass is 254 g/mol. The Hall–Kier alpha value is -1.82. The van der Waals surface area contributed by atoms with E-state index in [1.165, 1.54) is 12.1 Å². The van der Waals surface area contributed by atoms with Crippen LogP contribution in [0.4, 0.5) is 5.69 Å². The lowest BCUT2D eigenvalue weighted by Gasteiger charge is -2.47. The highest BCUT2D eigenvalue weighted by Gasteiger charge is 2.37. The summed E-state index contributed by atoms with van der Waals surface area (Å²) in [5.74, 6) is 0.423. The van der Waals surface area contributed by atoms with E-state index >= 15 is 0 Å². The first-order valence-corrected chi connectivity index (χ1v) is 7.04. The van der Waals surface area contributed by atoms with Crippen LogP contribution in [0.2, 0.25) is 0 Å². The molecule has 0 spiro atoms. The highest BCUT2D eigenvalue weighted by atomic mass is 16.1. The Morgan fingerprint density at radius 1 is 1.16 bits per heavy atom. The largest absolute Gasteiger partial charge is 0.365 e. The second-order valence-electron chi connectivity index (χ2n) is 5.59. The molecule has 1 aromatic carbocycles. The Kier molecular flexibility index (Phi) is 3.25. The number of piperidine rings is 2. The fourth-order valence-electron chi connectivity index (χ4n) is 3.47. The van der Waals surface area contributed by atoms with Gasteiger partial charge >= 0.3 is 0 Å². The van der Waals surface area contributed by atoms with Gasteiger partial charge in [-0.2, -0.15) is 5.26 Å². The van der Waals surface area contributed by atoms with Crippen LogP contribution in [0, 0.1) is 11.3 Å². The minimum absolute atomic E-state index is 0.391. The van der Waals surface area contributed by atoms with Crippen LogP contribution in [0.3, 0.4) is 0 Å². The topological polar surface area (TPSA) is 44.1 Å². The van der Waals surface area contributed by atoms with E-state index in [1.807, 2.05) is 12.1 Å². The Bertz CT molecular complexity index is 499. The minimum atomic E-state index is 0.391. The van der Waals surface area contributed by atoms with Crippen LogP contribution >= 0.6 is 0 Å². The Balaban J connectivity index is 1.84. The molecule has 2 saturated heterocycles. The maximum atomic E-state index is 11.7. The van der Waals surface area contributed by atoms with Crippen molar-refractivity contribution >= 4 is 11.5 Å². The third kappa shape index (κ3) is 2.35. The van der Waals surface area contributed by atoms with Crippen molar-refractivity contribution in [2.24, 2.45) is 0 Å². The number of anilines is 1. The van der Waals surface area contributed by atoms with Crippen LogP contribution < -0.4 is 4.90 Å². The van der Waals surface area contributed by atoms with Crippen LogP contribution in [-0.4, -0.2) is 17.9 Å². The lowest BCUT2D eigenvalue weighted by atomic mass is 9.83. The SMILES string of the molecule is N#CCc1ccc(N2C3CCCC2CC(=O)C3)cc1. The van der Waals surface area contributed by atoms with Gasteiger partial charge in [0, 0.05) is 30.6 Å². The summed E-state index contributed by atoms with van der Waals surface area (Å²) in [5, 5.41) is 8.70. The zero-order valence-electron chi connectivity index (χ0n) is 11.0. The molecule has 2 fully saturated rings. The van der Waals surface area contributed by atoms with E-state index in [1.54, 1.807) is 0 Å². The summed E-state index contributed by atoms with van der Waals surface area (Å²) >= 11 is 0.